The van der Waals surface area contributed by atoms with Gasteiger partial charge < -0.3 is 15.6 Å². The molecule has 0 saturated carbocycles. The Morgan fingerprint density at radius 1 is 1.50 bits per heavy atom. The molecule has 2 heterocycles. The zero-order valence-corrected chi connectivity index (χ0v) is 10.4. The molecule has 0 aliphatic carbocycles. The topological polar surface area (TPSA) is 72.9 Å². The molecule has 2 rings (SSSR count). The number of nitrogens with two attached hydrogens (primary N) is 1. The number of hydrogen-bond acceptors (Lipinski definition) is 3. The number of amides is 1. The van der Waals surface area contributed by atoms with E-state index in [0.29, 0.717) is 11.4 Å². The number of rotatable bonds is 3. The van der Waals surface area contributed by atoms with Gasteiger partial charge in [-0.3, -0.25) is 9.78 Å². The second-order valence-electron chi connectivity index (χ2n) is 4.22. The zero-order chi connectivity index (χ0) is 13.1. The third kappa shape index (κ3) is 2.51. The molecule has 5 nitrogen and oxygen atoms in total. The normalized spacial score (nSPS) is 12.1. The van der Waals surface area contributed by atoms with Gasteiger partial charge in [0.1, 0.15) is 5.69 Å². The molecule has 5 heteroatoms. The van der Waals surface area contributed by atoms with E-state index in [1.165, 1.54) is 0 Å². The fraction of sp³-hybridized carbons (Fsp3) is 0.231. The number of carbonyl (C=O) groups is 1. The van der Waals surface area contributed by atoms with Gasteiger partial charge in [-0.2, -0.15) is 0 Å². The van der Waals surface area contributed by atoms with Crippen molar-refractivity contribution in [3.8, 4) is 0 Å². The summed E-state index contributed by atoms with van der Waals surface area (Å²) in [4.78, 5) is 16.3. The van der Waals surface area contributed by atoms with Crippen molar-refractivity contribution in [3.05, 3.63) is 48.0 Å². The van der Waals surface area contributed by atoms with E-state index in [-0.39, 0.29) is 11.9 Å². The molecular formula is C13H16N4O. The van der Waals surface area contributed by atoms with Gasteiger partial charge in [-0.05, 0) is 25.1 Å². The lowest BCUT2D eigenvalue weighted by molar-refractivity contribution is 0.0931. The van der Waals surface area contributed by atoms with E-state index in [4.69, 9.17) is 5.73 Å². The quantitative estimate of drug-likeness (QED) is 0.859. The lowest BCUT2D eigenvalue weighted by Gasteiger charge is -2.13. The lowest BCUT2D eigenvalue weighted by atomic mass is 10.2. The standard InChI is InChI=1S/C13H16N4O/c1-9(11-5-3-4-6-15-11)16-13(18)12-7-10(14)8-17(12)2/h3-9H,14H2,1-2H3,(H,16,18). The molecule has 1 amide bonds. The maximum absolute atomic E-state index is 12.0. The highest BCUT2D eigenvalue weighted by Crippen LogP contribution is 2.12. The summed E-state index contributed by atoms with van der Waals surface area (Å²) in [5.41, 5.74) is 7.59. The minimum Gasteiger partial charge on any atom is -0.397 e. The van der Waals surface area contributed by atoms with Crippen molar-refractivity contribution in [2.45, 2.75) is 13.0 Å². The van der Waals surface area contributed by atoms with Crippen LogP contribution in [0.2, 0.25) is 0 Å². The number of nitrogens with one attached hydrogen (secondary N) is 1. The summed E-state index contributed by atoms with van der Waals surface area (Å²) in [5, 5.41) is 2.89. The van der Waals surface area contributed by atoms with E-state index in [2.05, 4.69) is 10.3 Å². The van der Waals surface area contributed by atoms with Gasteiger partial charge in [-0.1, -0.05) is 6.07 Å². The van der Waals surface area contributed by atoms with Crippen molar-refractivity contribution in [2.24, 2.45) is 7.05 Å². The summed E-state index contributed by atoms with van der Waals surface area (Å²) in [7, 11) is 1.79. The monoisotopic (exact) mass is 244 g/mol. The predicted octanol–water partition coefficient (Wildman–Crippen LogP) is 1.49. The fourth-order valence-corrected chi connectivity index (χ4v) is 1.79. The third-order valence-corrected chi connectivity index (χ3v) is 2.74. The number of anilines is 1. The van der Waals surface area contributed by atoms with E-state index in [9.17, 15) is 4.79 Å². The highest BCUT2D eigenvalue weighted by molar-refractivity contribution is 5.94. The molecule has 1 unspecified atom stereocenters. The van der Waals surface area contributed by atoms with E-state index in [1.54, 1.807) is 30.1 Å². The van der Waals surface area contributed by atoms with E-state index < -0.39 is 0 Å². The molecule has 3 N–H and O–H groups in total. The smallest absolute Gasteiger partial charge is 0.268 e. The van der Waals surface area contributed by atoms with E-state index in [1.807, 2.05) is 25.1 Å². The van der Waals surface area contributed by atoms with E-state index >= 15 is 0 Å². The molecule has 0 fully saturated rings. The average Bonchev–Trinajstić information content (AvgIpc) is 2.69. The highest BCUT2D eigenvalue weighted by Gasteiger charge is 2.15. The first-order valence-corrected chi connectivity index (χ1v) is 5.71. The molecule has 18 heavy (non-hydrogen) atoms. The molecular weight excluding hydrogens is 228 g/mol. The molecule has 0 saturated heterocycles. The van der Waals surface area contributed by atoms with Crippen molar-refractivity contribution < 1.29 is 4.79 Å². The van der Waals surface area contributed by atoms with Crippen LogP contribution in [0.25, 0.3) is 0 Å². The molecule has 2 aromatic heterocycles. The van der Waals surface area contributed by atoms with Crippen molar-refractivity contribution in [1.29, 1.82) is 0 Å². The predicted molar refractivity (Wildman–Crippen MR) is 69.9 cm³/mol. The fourth-order valence-electron chi connectivity index (χ4n) is 1.79. The Kier molecular flexibility index (Phi) is 3.32. The first kappa shape index (κ1) is 12.2. The minimum atomic E-state index is -0.160. The van der Waals surface area contributed by atoms with Crippen molar-refractivity contribution in [3.63, 3.8) is 0 Å². The van der Waals surface area contributed by atoms with Crippen LogP contribution in [0, 0.1) is 0 Å². The Balaban J connectivity index is 2.10. The van der Waals surface area contributed by atoms with Crippen LogP contribution in [0.1, 0.15) is 29.1 Å². The summed E-state index contributed by atoms with van der Waals surface area (Å²) in [6.07, 6.45) is 3.42. The molecule has 0 aliphatic heterocycles. The maximum atomic E-state index is 12.0. The molecule has 0 aliphatic rings. The maximum Gasteiger partial charge on any atom is 0.268 e. The number of aryl methyl sites for hydroxylation is 1. The number of hydrogen-bond donors (Lipinski definition) is 2. The summed E-state index contributed by atoms with van der Waals surface area (Å²) >= 11 is 0. The average molecular weight is 244 g/mol. The Morgan fingerprint density at radius 3 is 2.83 bits per heavy atom. The SMILES string of the molecule is CC(NC(=O)c1cc(N)cn1C)c1ccccn1. The molecule has 0 aromatic carbocycles. The summed E-state index contributed by atoms with van der Waals surface area (Å²) in [6, 6.07) is 7.13. The van der Waals surface area contributed by atoms with Gasteiger partial charge in [0.2, 0.25) is 0 Å². The van der Waals surface area contributed by atoms with Crippen molar-refractivity contribution in [1.82, 2.24) is 14.9 Å². The Hall–Kier alpha value is -2.30. The van der Waals surface area contributed by atoms with Crippen molar-refractivity contribution >= 4 is 11.6 Å². The van der Waals surface area contributed by atoms with Gasteiger partial charge in [0.15, 0.2) is 0 Å². The van der Waals surface area contributed by atoms with Gasteiger partial charge in [0.05, 0.1) is 17.4 Å². The minimum absolute atomic E-state index is 0.144. The van der Waals surface area contributed by atoms with Crippen LogP contribution in [0.5, 0.6) is 0 Å². The van der Waals surface area contributed by atoms with Crippen LogP contribution < -0.4 is 11.1 Å². The molecule has 0 radical (unpaired) electrons. The van der Waals surface area contributed by atoms with Crippen LogP contribution in [-0.4, -0.2) is 15.5 Å². The van der Waals surface area contributed by atoms with Crippen LogP contribution >= 0.6 is 0 Å². The summed E-state index contributed by atoms with van der Waals surface area (Å²) in [6.45, 7) is 1.90. The van der Waals surface area contributed by atoms with Gasteiger partial charge in [-0.15, -0.1) is 0 Å². The molecule has 0 bridgehead atoms. The molecule has 2 aromatic rings. The second kappa shape index (κ2) is 4.91. The summed E-state index contributed by atoms with van der Waals surface area (Å²) in [5.74, 6) is -0.160. The summed E-state index contributed by atoms with van der Waals surface area (Å²) < 4.78 is 1.70. The zero-order valence-electron chi connectivity index (χ0n) is 10.4. The molecule has 1 atom stereocenters. The molecule has 0 spiro atoms. The van der Waals surface area contributed by atoms with Crippen LogP contribution in [0.15, 0.2) is 36.7 Å². The van der Waals surface area contributed by atoms with Crippen LogP contribution in [-0.2, 0) is 7.05 Å². The lowest BCUT2D eigenvalue weighted by Crippen LogP contribution is -2.28. The number of aromatic nitrogens is 2. The van der Waals surface area contributed by atoms with Gasteiger partial charge >= 0.3 is 0 Å². The van der Waals surface area contributed by atoms with E-state index in [0.717, 1.165) is 5.69 Å². The van der Waals surface area contributed by atoms with Gasteiger partial charge in [0.25, 0.3) is 5.91 Å². The van der Waals surface area contributed by atoms with Gasteiger partial charge in [-0.25, -0.2) is 0 Å². The number of nitrogens with zero attached hydrogens (tertiary/aromatic N) is 2. The van der Waals surface area contributed by atoms with Crippen LogP contribution in [0.4, 0.5) is 5.69 Å². The molecule has 94 valence electrons. The first-order valence-electron chi connectivity index (χ1n) is 5.71. The number of nitrogen functional groups attached to an aromatic ring is 1. The van der Waals surface area contributed by atoms with Crippen LogP contribution in [0.3, 0.4) is 0 Å². The Bertz CT molecular complexity index is 547. The van der Waals surface area contributed by atoms with Gasteiger partial charge in [0, 0.05) is 19.4 Å². The largest absolute Gasteiger partial charge is 0.397 e. The highest BCUT2D eigenvalue weighted by atomic mass is 16.2. The van der Waals surface area contributed by atoms with Crippen molar-refractivity contribution in [2.75, 3.05) is 5.73 Å². The Morgan fingerprint density at radius 2 is 2.28 bits per heavy atom. The number of pyridine rings is 1. The third-order valence-electron chi connectivity index (χ3n) is 2.74. The number of carbonyl (C=O) groups excluding carboxylic acids is 1. The first-order chi connectivity index (χ1) is 8.58. The second-order valence-corrected chi connectivity index (χ2v) is 4.22. The Labute approximate surface area is 106 Å².